The van der Waals surface area contributed by atoms with E-state index in [9.17, 15) is 0 Å². The highest BCUT2D eigenvalue weighted by atomic mass is 32.2. The Morgan fingerprint density at radius 3 is 2.56 bits per heavy atom. The predicted molar refractivity (Wildman–Crippen MR) is 82.4 cm³/mol. The molecule has 106 valence electrons. The number of thioether (sulfide) groups is 1. The van der Waals surface area contributed by atoms with Gasteiger partial charge >= 0.3 is 0 Å². The molecule has 0 aromatic heterocycles. The molecule has 1 aliphatic heterocycles. The molecule has 0 amide bonds. The zero-order valence-corrected chi connectivity index (χ0v) is 13.2. The molecular formula is C15H30N2S. The van der Waals surface area contributed by atoms with Crippen molar-refractivity contribution in [2.75, 3.05) is 31.1 Å². The van der Waals surface area contributed by atoms with Crippen LogP contribution in [-0.4, -0.2) is 48.1 Å². The van der Waals surface area contributed by atoms with Crippen LogP contribution in [0.3, 0.4) is 0 Å². The molecule has 1 unspecified atom stereocenters. The molecule has 0 radical (unpaired) electrons. The third-order valence-electron chi connectivity index (χ3n) is 4.89. The van der Waals surface area contributed by atoms with Crippen LogP contribution in [-0.2, 0) is 0 Å². The fourth-order valence-corrected chi connectivity index (χ4v) is 3.94. The van der Waals surface area contributed by atoms with Crippen LogP contribution in [0.15, 0.2) is 0 Å². The molecule has 1 saturated heterocycles. The van der Waals surface area contributed by atoms with Gasteiger partial charge in [0.25, 0.3) is 0 Å². The first-order chi connectivity index (χ1) is 8.69. The molecule has 1 N–H and O–H groups in total. The van der Waals surface area contributed by atoms with E-state index in [0.717, 1.165) is 12.1 Å². The summed E-state index contributed by atoms with van der Waals surface area (Å²) in [5, 5.41) is 3.77. The summed E-state index contributed by atoms with van der Waals surface area (Å²) >= 11 is 2.12. The zero-order valence-electron chi connectivity index (χ0n) is 12.4. The Labute approximate surface area is 117 Å². The van der Waals surface area contributed by atoms with Gasteiger partial charge in [-0.1, -0.05) is 13.8 Å². The maximum Gasteiger partial charge on any atom is 0.0158 e. The fourth-order valence-electron chi connectivity index (χ4n) is 2.86. The van der Waals surface area contributed by atoms with E-state index in [4.69, 9.17) is 0 Å². The summed E-state index contributed by atoms with van der Waals surface area (Å²) in [7, 11) is 0. The molecule has 1 aliphatic carbocycles. The van der Waals surface area contributed by atoms with E-state index in [0.29, 0.717) is 5.41 Å². The van der Waals surface area contributed by atoms with Crippen molar-refractivity contribution in [2.24, 2.45) is 5.41 Å². The van der Waals surface area contributed by atoms with Crippen molar-refractivity contribution in [1.29, 1.82) is 0 Å². The van der Waals surface area contributed by atoms with Crippen LogP contribution in [0, 0.1) is 5.41 Å². The van der Waals surface area contributed by atoms with Crippen LogP contribution < -0.4 is 5.32 Å². The lowest BCUT2D eigenvalue weighted by atomic mass is 9.81. The van der Waals surface area contributed by atoms with Crippen molar-refractivity contribution in [3.63, 3.8) is 0 Å². The summed E-state index contributed by atoms with van der Waals surface area (Å²) in [5.41, 5.74) is 0.499. The Kier molecular flexibility index (Phi) is 5.40. The van der Waals surface area contributed by atoms with E-state index in [1.54, 1.807) is 0 Å². The van der Waals surface area contributed by atoms with E-state index < -0.39 is 0 Å². The molecule has 1 heterocycles. The second-order valence-electron chi connectivity index (χ2n) is 6.26. The number of nitrogens with one attached hydrogen (secondary N) is 1. The van der Waals surface area contributed by atoms with E-state index >= 15 is 0 Å². The standard InChI is InChI=1S/C15H30N2S/c1-4-15(5-2,11-16-14-6-7-14)12-17-8-9-18-10-13(17)3/h13-14,16H,4-12H2,1-3H3. The van der Waals surface area contributed by atoms with Gasteiger partial charge in [0.2, 0.25) is 0 Å². The summed E-state index contributed by atoms with van der Waals surface area (Å²) in [6.07, 6.45) is 5.42. The Hall–Kier alpha value is 0.270. The summed E-state index contributed by atoms with van der Waals surface area (Å²) in [6.45, 7) is 11.0. The van der Waals surface area contributed by atoms with Gasteiger partial charge in [0, 0.05) is 43.2 Å². The molecule has 18 heavy (non-hydrogen) atoms. The number of rotatable bonds is 7. The minimum absolute atomic E-state index is 0.499. The van der Waals surface area contributed by atoms with Crippen LogP contribution in [0.5, 0.6) is 0 Å². The topological polar surface area (TPSA) is 15.3 Å². The number of hydrogen-bond donors (Lipinski definition) is 1. The molecule has 2 nitrogen and oxygen atoms in total. The van der Waals surface area contributed by atoms with E-state index in [-0.39, 0.29) is 0 Å². The quantitative estimate of drug-likeness (QED) is 0.765. The van der Waals surface area contributed by atoms with Crippen molar-refractivity contribution in [1.82, 2.24) is 10.2 Å². The van der Waals surface area contributed by atoms with Gasteiger partial charge in [-0.05, 0) is 38.0 Å². The molecule has 1 saturated carbocycles. The monoisotopic (exact) mass is 270 g/mol. The number of hydrogen-bond acceptors (Lipinski definition) is 3. The molecule has 0 aromatic carbocycles. The Morgan fingerprint density at radius 2 is 2.00 bits per heavy atom. The van der Waals surface area contributed by atoms with Gasteiger partial charge < -0.3 is 5.32 Å². The van der Waals surface area contributed by atoms with Crippen molar-refractivity contribution in [3.05, 3.63) is 0 Å². The lowest BCUT2D eigenvalue weighted by molar-refractivity contribution is 0.114. The van der Waals surface area contributed by atoms with Crippen LogP contribution in [0.25, 0.3) is 0 Å². The third kappa shape index (κ3) is 3.88. The maximum atomic E-state index is 3.77. The minimum Gasteiger partial charge on any atom is -0.313 e. The largest absolute Gasteiger partial charge is 0.313 e. The molecule has 2 fully saturated rings. The molecule has 1 atom stereocenters. The van der Waals surface area contributed by atoms with Crippen molar-refractivity contribution >= 4 is 11.8 Å². The summed E-state index contributed by atoms with van der Waals surface area (Å²) in [6, 6.07) is 1.61. The Bertz CT molecular complexity index is 249. The smallest absolute Gasteiger partial charge is 0.0158 e. The van der Waals surface area contributed by atoms with Gasteiger partial charge in [-0.3, -0.25) is 4.90 Å². The Morgan fingerprint density at radius 1 is 1.28 bits per heavy atom. The van der Waals surface area contributed by atoms with E-state index in [1.807, 2.05) is 0 Å². The van der Waals surface area contributed by atoms with Gasteiger partial charge in [-0.2, -0.15) is 11.8 Å². The maximum absolute atomic E-state index is 3.77. The second kappa shape index (κ2) is 6.62. The normalized spacial score (nSPS) is 26.5. The van der Waals surface area contributed by atoms with Gasteiger partial charge in [0.05, 0.1) is 0 Å². The first kappa shape index (κ1) is 14.7. The Balaban J connectivity index is 1.89. The molecule has 2 rings (SSSR count). The molecule has 2 aliphatic rings. The first-order valence-corrected chi connectivity index (χ1v) is 8.90. The van der Waals surface area contributed by atoms with Gasteiger partial charge in [-0.25, -0.2) is 0 Å². The van der Waals surface area contributed by atoms with Gasteiger partial charge in [0.1, 0.15) is 0 Å². The zero-order chi connectivity index (χ0) is 13.0. The fraction of sp³-hybridized carbons (Fsp3) is 1.00. The lowest BCUT2D eigenvalue weighted by Gasteiger charge is -2.42. The van der Waals surface area contributed by atoms with Gasteiger partial charge in [0.15, 0.2) is 0 Å². The van der Waals surface area contributed by atoms with E-state index in [2.05, 4.69) is 42.7 Å². The average molecular weight is 270 g/mol. The van der Waals surface area contributed by atoms with Crippen LogP contribution in [0.4, 0.5) is 0 Å². The highest BCUT2D eigenvalue weighted by Crippen LogP contribution is 2.31. The van der Waals surface area contributed by atoms with Crippen molar-refractivity contribution < 1.29 is 0 Å². The van der Waals surface area contributed by atoms with Crippen molar-refractivity contribution in [2.45, 2.75) is 58.5 Å². The molecule has 0 aromatic rings. The predicted octanol–water partition coefficient (Wildman–Crippen LogP) is 2.98. The highest BCUT2D eigenvalue weighted by Gasteiger charge is 2.33. The molecular weight excluding hydrogens is 240 g/mol. The molecule has 3 heteroatoms. The number of nitrogens with zero attached hydrogens (tertiary/aromatic N) is 1. The first-order valence-electron chi connectivity index (χ1n) is 7.74. The summed E-state index contributed by atoms with van der Waals surface area (Å²) in [5.74, 6) is 2.64. The summed E-state index contributed by atoms with van der Waals surface area (Å²) < 4.78 is 0. The van der Waals surface area contributed by atoms with Gasteiger partial charge in [-0.15, -0.1) is 0 Å². The average Bonchev–Trinajstić information content (AvgIpc) is 3.21. The molecule has 0 bridgehead atoms. The molecule has 0 spiro atoms. The van der Waals surface area contributed by atoms with Crippen LogP contribution >= 0.6 is 11.8 Å². The highest BCUT2D eigenvalue weighted by molar-refractivity contribution is 7.99. The van der Waals surface area contributed by atoms with Crippen molar-refractivity contribution in [3.8, 4) is 0 Å². The SMILES string of the molecule is CCC(CC)(CNC1CC1)CN1CCSCC1C. The minimum atomic E-state index is 0.499. The second-order valence-corrected chi connectivity index (χ2v) is 7.41. The third-order valence-corrected chi connectivity index (χ3v) is 6.08. The summed E-state index contributed by atoms with van der Waals surface area (Å²) in [4.78, 5) is 2.73. The lowest BCUT2D eigenvalue weighted by Crippen LogP contribution is -2.49. The van der Waals surface area contributed by atoms with Crippen LogP contribution in [0.2, 0.25) is 0 Å². The van der Waals surface area contributed by atoms with E-state index in [1.165, 1.54) is 56.8 Å². The van der Waals surface area contributed by atoms with Crippen LogP contribution in [0.1, 0.15) is 46.5 Å².